The van der Waals surface area contributed by atoms with Crippen molar-refractivity contribution in [2.24, 2.45) is 0 Å². The van der Waals surface area contributed by atoms with Crippen molar-refractivity contribution in [1.82, 2.24) is 0 Å². The summed E-state index contributed by atoms with van der Waals surface area (Å²) in [6.07, 6.45) is 1.03. The van der Waals surface area contributed by atoms with Crippen molar-refractivity contribution in [1.29, 1.82) is 0 Å². The van der Waals surface area contributed by atoms with Crippen molar-refractivity contribution in [3.8, 4) is 0 Å². The van der Waals surface area contributed by atoms with Gasteiger partial charge in [-0.15, -0.1) is 11.8 Å². The van der Waals surface area contributed by atoms with E-state index in [9.17, 15) is 5.21 Å². The Morgan fingerprint density at radius 2 is 2.13 bits per heavy atom. The number of thioether (sulfide) groups is 1. The van der Waals surface area contributed by atoms with Crippen LogP contribution in [0.25, 0.3) is 10.9 Å². The molecule has 0 N–H and O–H groups in total. The molecule has 76 valence electrons. The molecule has 0 bridgehead atoms. The van der Waals surface area contributed by atoms with Crippen LogP contribution in [0.3, 0.4) is 0 Å². The molecule has 0 saturated carbocycles. The summed E-state index contributed by atoms with van der Waals surface area (Å²) in [5, 5.41) is 13.1. The van der Waals surface area contributed by atoms with E-state index in [1.165, 1.54) is 10.5 Å². The summed E-state index contributed by atoms with van der Waals surface area (Å²) in [6, 6.07) is 7.85. The molecule has 1 aliphatic heterocycles. The quantitative estimate of drug-likeness (QED) is 0.500. The lowest BCUT2D eigenvalue weighted by molar-refractivity contribution is -0.584. The number of hydrogen-bond donors (Lipinski definition) is 0. The lowest BCUT2D eigenvalue weighted by Gasteiger charge is -2.09. The Morgan fingerprint density at radius 3 is 3.00 bits per heavy atom. The lowest BCUT2D eigenvalue weighted by atomic mass is 10.1. The molecule has 0 radical (unpaired) electrons. The number of rotatable bonds is 0. The predicted octanol–water partition coefficient (Wildman–Crippen LogP) is 2.43. The van der Waals surface area contributed by atoms with Crippen LogP contribution < -0.4 is 4.73 Å². The van der Waals surface area contributed by atoms with Gasteiger partial charge in [-0.1, -0.05) is 12.1 Å². The minimum atomic E-state index is 0.795. The fraction of sp³-hybridized carbons (Fsp3) is 0.250. The van der Waals surface area contributed by atoms with Crippen molar-refractivity contribution < 1.29 is 4.73 Å². The molecule has 1 aromatic carbocycles. The van der Waals surface area contributed by atoms with E-state index in [-0.39, 0.29) is 0 Å². The minimum absolute atomic E-state index is 0.795. The molecule has 0 atom stereocenters. The highest BCUT2D eigenvalue weighted by atomic mass is 32.2. The zero-order chi connectivity index (χ0) is 10.4. The Hall–Kier alpha value is -1.22. The van der Waals surface area contributed by atoms with Gasteiger partial charge in [0, 0.05) is 29.2 Å². The van der Waals surface area contributed by atoms with E-state index in [4.69, 9.17) is 0 Å². The van der Waals surface area contributed by atoms with Crippen LogP contribution in [0.2, 0.25) is 0 Å². The smallest absolute Gasteiger partial charge is 0.225 e. The molecule has 0 amide bonds. The predicted molar refractivity (Wildman–Crippen MR) is 62.1 cm³/mol. The molecule has 2 heterocycles. The SMILES string of the molecule is Cc1c2c(c3ccccc3[n+]1[O-])SCC2. The molecule has 1 aliphatic rings. The van der Waals surface area contributed by atoms with Gasteiger partial charge in [-0.3, -0.25) is 0 Å². The van der Waals surface area contributed by atoms with Gasteiger partial charge in [-0.25, -0.2) is 0 Å². The summed E-state index contributed by atoms with van der Waals surface area (Å²) < 4.78 is 1.07. The molecule has 15 heavy (non-hydrogen) atoms. The molecule has 0 unspecified atom stereocenters. The third-order valence-electron chi connectivity index (χ3n) is 2.98. The Kier molecular flexibility index (Phi) is 1.89. The first-order valence-corrected chi connectivity index (χ1v) is 6.04. The molecule has 0 fully saturated rings. The standard InChI is InChI=1S/C12H11NOS/c1-8-9-6-7-15-12(9)10-4-2-3-5-11(10)13(8)14/h2-5H,6-7H2,1H3. The second-order valence-corrected chi connectivity index (χ2v) is 4.91. The van der Waals surface area contributed by atoms with Gasteiger partial charge in [0.2, 0.25) is 5.52 Å². The van der Waals surface area contributed by atoms with Crippen LogP contribution in [0, 0.1) is 12.1 Å². The molecule has 0 saturated heterocycles. The van der Waals surface area contributed by atoms with Gasteiger partial charge in [0.1, 0.15) is 0 Å². The molecule has 3 heteroatoms. The maximum Gasteiger partial charge on any atom is 0.225 e. The van der Waals surface area contributed by atoms with E-state index in [1.807, 2.05) is 43.0 Å². The van der Waals surface area contributed by atoms with Gasteiger partial charge in [0.25, 0.3) is 0 Å². The number of benzene rings is 1. The molecule has 0 spiro atoms. The third kappa shape index (κ3) is 1.16. The highest BCUT2D eigenvalue weighted by molar-refractivity contribution is 7.99. The Labute approximate surface area is 92.5 Å². The van der Waals surface area contributed by atoms with Crippen molar-refractivity contribution in [2.75, 3.05) is 5.75 Å². The summed E-state index contributed by atoms with van der Waals surface area (Å²) in [4.78, 5) is 1.32. The van der Waals surface area contributed by atoms with Gasteiger partial charge in [0.15, 0.2) is 5.69 Å². The van der Waals surface area contributed by atoms with Crippen molar-refractivity contribution in [3.05, 3.63) is 40.7 Å². The summed E-state index contributed by atoms with van der Waals surface area (Å²) in [6.45, 7) is 1.92. The summed E-state index contributed by atoms with van der Waals surface area (Å²) >= 11 is 1.87. The zero-order valence-corrected chi connectivity index (χ0v) is 9.30. The van der Waals surface area contributed by atoms with Crippen LogP contribution in [0.1, 0.15) is 11.3 Å². The molecule has 2 nitrogen and oxygen atoms in total. The van der Waals surface area contributed by atoms with Crippen LogP contribution >= 0.6 is 11.8 Å². The van der Waals surface area contributed by atoms with E-state index in [0.717, 1.165) is 33.5 Å². The van der Waals surface area contributed by atoms with Crippen LogP contribution in [0.15, 0.2) is 29.2 Å². The number of aromatic nitrogens is 1. The average molecular weight is 217 g/mol. The maximum absolute atomic E-state index is 12.0. The van der Waals surface area contributed by atoms with Gasteiger partial charge in [-0.2, -0.15) is 4.73 Å². The van der Waals surface area contributed by atoms with E-state index in [0.29, 0.717) is 0 Å². The molecular formula is C12H11NOS. The number of hydrogen-bond acceptors (Lipinski definition) is 2. The monoisotopic (exact) mass is 217 g/mol. The van der Waals surface area contributed by atoms with Crippen LogP contribution in [-0.2, 0) is 6.42 Å². The molecular weight excluding hydrogens is 206 g/mol. The van der Waals surface area contributed by atoms with Crippen LogP contribution in [0.4, 0.5) is 0 Å². The second kappa shape index (κ2) is 3.14. The normalized spacial score (nSPS) is 14.5. The molecule has 3 rings (SSSR count). The third-order valence-corrected chi connectivity index (χ3v) is 4.14. The fourth-order valence-electron chi connectivity index (χ4n) is 2.19. The fourth-order valence-corrected chi connectivity index (χ4v) is 3.45. The first-order chi connectivity index (χ1) is 7.29. The Morgan fingerprint density at radius 1 is 1.33 bits per heavy atom. The largest absolute Gasteiger partial charge is 0.618 e. The van der Waals surface area contributed by atoms with Gasteiger partial charge in [-0.05, 0) is 12.5 Å². The first kappa shape index (κ1) is 9.04. The Balaban J connectivity index is 2.52. The van der Waals surface area contributed by atoms with E-state index >= 15 is 0 Å². The van der Waals surface area contributed by atoms with Gasteiger partial charge >= 0.3 is 0 Å². The molecule has 0 aliphatic carbocycles. The lowest BCUT2D eigenvalue weighted by Crippen LogP contribution is -2.32. The first-order valence-electron chi connectivity index (χ1n) is 5.05. The minimum Gasteiger partial charge on any atom is -0.618 e. The van der Waals surface area contributed by atoms with Gasteiger partial charge < -0.3 is 5.21 Å². The van der Waals surface area contributed by atoms with E-state index in [1.54, 1.807) is 0 Å². The summed E-state index contributed by atoms with van der Waals surface area (Å²) in [5.74, 6) is 1.10. The van der Waals surface area contributed by atoms with Crippen molar-refractivity contribution >= 4 is 22.7 Å². The number of nitrogens with zero attached hydrogens (tertiary/aromatic N) is 1. The van der Waals surface area contributed by atoms with Crippen LogP contribution in [-0.4, -0.2) is 5.75 Å². The van der Waals surface area contributed by atoms with Gasteiger partial charge in [0.05, 0.1) is 5.39 Å². The van der Waals surface area contributed by atoms with Crippen molar-refractivity contribution in [3.63, 3.8) is 0 Å². The maximum atomic E-state index is 12.0. The number of pyridine rings is 1. The average Bonchev–Trinajstić information content (AvgIpc) is 2.75. The summed E-state index contributed by atoms with van der Waals surface area (Å²) in [5.41, 5.74) is 2.91. The van der Waals surface area contributed by atoms with Crippen LogP contribution in [0.5, 0.6) is 0 Å². The Bertz CT molecular complexity index is 551. The van der Waals surface area contributed by atoms with E-state index < -0.39 is 0 Å². The molecule has 1 aromatic heterocycles. The number of fused-ring (bicyclic) bond motifs is 3. The summed E-state index contributed by atoms with van der Waals surface area (Å²) in [7, 11) is 0. The number of para-hydroxylation sites is 1. The molecule has 2 aromatic rings. The highest BCUT2D eigenvalue weighted by Crippen LogP contribution is 2.37. The van der Waals surface area contributed by atoms with E-state index in [2.05, 4.69) is 0 Å². The second-order valence-electron chi connectivity index (χ2n) is 3.80. The highest BCUT2D eigenvalue weighted by Gasteiger charge is 2.23. The topological polar surface area (TPSA) is 26.9 Å². The van der Waals surface area contributed by atoms with Crippen molar-refractivity contribution in [2.45, 2.75) is 18.2 Å². The zero-order valence-electron chi connectivity index (χ0n) is 8.49.